The molecule has 0 saturated heterocycles. The predicted octanol–water partition coefficient (Wildman–Crippen LogP) is 2.64. The lowest BCUT2D eigenvalue weighted by molar-refractivity contribution is -0.136. The van der Waals surface area contributed by atoms with Crippen molar-refractivity contribution in [1.82, 2.24) is 0 Å². The third kappa shape index (κ3) is 1.80. The third-order valence-electron chi connectivity index (χ3n) is 4.96. The molecule has 98 valence electrons. The van der Waals surface area contributed by atoms with Crippen LogP contribution < -0.4 is 0 Å². The van der Waals surface area contributed by atoms with Crippen molar-refractivity contribution in [3.63, 3.8) is 0 Å². The van der Waals surface area contributed by atoms with Crippen LogP contribution in [-0.4, -0.2) is 17.7 Å². The number of hydrogen-bond acceptors (Lipinski definition) is 3. The Balaban J connectivity index is 1.89. The monoisotopic (exact) mass is 248 g/mol. The highest BCUT2D eigenvalue weighted by Gasteiger charge is 2.47. The van der Waals surface area contributed by atoms with Crippen LogP contribution in [-0.2, 0) is 14.3 Å². The molecule has 3 aliphatic rings. The standard InChI is InChI=1S/C15H20O3/c1-9(16)12-8-18-13-7-6-10-4-2-3-5-11(10)14(13)15(12)17/h8,10-11,13-14H,2-7H2,1H3. The first-order valence-electron chi connectivity index (χ1n) is 7.09. The molecule has 1 heterocycles. The molecule has 3 heteroatoms. The van der Waals surface area contributed by atoms with Gasteiger partial charge in [-0.2, -0.15) is 0 Å². The van der Waals surface area contributed by atoms with Crippen LogP contribution in [0.4, 0.5) is 0 Å². The van der Waals surface area contributed by atoms with Gasteiger partial charge in [-0.25, -0.2) is 0 Å². The van der Waals surface area contributed by atoms with Crippen LogP contribution in [0.25, 0.3) is 0 Å². The molecule has 3 nitrogen and oxygen atoms in total. The Labute approximate surface area is 108 Å². The van der Waals surface area contributed by atoms with E-state index in [0.717, 1.165) is 12.8 Å². The highest BCUT2D eigenvalue weighted by molar-refractivity contribution is 6.20. The molecule has 0 N–H and O–H groups in total. The SMILES string of the molecule is CC(=O)C1=COC2CCC3CCCCC3C2C1=O. The fraction of sp³-hybridized carbons (Fsp3) is 0.733. The second-order valence-electron chi connectivity index (χ2n) is 5.94. The summed E-state index contributed by atoms with van der Waals surface area (Å²) in [6.45, 7) is 1.45. The van der Waals surface area contributed by atoms with Crippen molar-refractivity contribution >= 4 is 11.6 Å². The number of ether oxygens (including phenoxy) is 1. The molecule has 0 spiro atoms. The number of carbonyl (C=O) groups excluding carboxylic acids is 2. The van der Waals surface area contributed by atoms with E-state index in [1.54, 1.807) is 0 Å². The molecule has 4 unspecified atom stereocenters. The average Bonchev–Trinajstić information content (AvgIpc) is 2.38. The van der Waals surface area contributed by atoms with Crippen molar-refractivity contribution < 1.29 is 14.3 Å². The summed E-state index contributed by atoms with van der Waals surface area (Å²) in [5, 5.41) is 0. The van der Waals surface area contributed by atoms with Crippen LogP contribution in [0.1, 0.15) is 45.4 Å². The first-order valence-corrected chi connectivity index (χ1v) is 7.09. The molecule has 18 heavy (non-hydrogen) atoms. The zero-order valence-electron chi connectivity index (χ0n) is 10.9. The average molecular weight is 248 g/mol. The summed E-state index contributed by atoms with van der Waals surface area (Å²) in [5.41, 5.74) is 0.280. The number of allylic oxidation sites excluding steroid dienone is 1. The minimum Gasteiger partial charge on any atom is -0.496 e. The molecule has 3 rings (SSSR count). The summed E-state index contributed by atoms with van der Waals surface area (Å²) < 4.78 is 5.67. The summed E-state index contributed by atoms with van der Waals surface area (Å²) >= 11 is 0. The van der Waals surface area contributed by atoms with Crippen LogP contribution in [0.3, 0.4) is 0 Å². The van der Waals surface area contributed by atoms with Crippen molar-refractivity contribution in [3.8, 4) is 0 Å². The molecule has 2 saturated carbocycles. The number of fused-ring (bicyclic) bond motifs is 3. The molecule has 0 aromatic carbocycles. The molecule has 0 aromatic heterocycles. The molecule has 1 aliphatic heterocycles. The smallest absolute Gasteiger partial charge is 0.176 e. The summed E-state index contributed by atoms with van der Waals surface area (Å²) in [5.74, 6) is 0.978. The van der Waals surface area contributed by atoms with Gasteiger partial charge in [0.15, 0.2) is 11.6 Å². The van der Waals surface area contributed by atoms with Crippen LogP contribution in [0.5, 0.6) is 0 Å². The van der Waals surface area contributed by atoms with Gasteiger partial charge < -0.3 is 4.74 Å². The Bertz CT molecular complexity index is 410. The van der Waals surface area contributed by atoms with Crippen molar-refractivity contribution in [1.29, 1.82) is 0 Å². The maximum atomic E-state index is 12.5. The second-order valence-corrected chi connectivity index (χ2v) is 5.94. The highest BCUT2D eigenvalue weighted by Crippen LogP contribution is 2.47. The van der Waals surface area contributed by atoms with Gasteiger partial charge in [-0.05, 0) is 38.0 Å². The van der Waals surface area contributed by atoms with E-state index < -0.39 is 0 Å². The van der Waals surface area contributed by atoms with Gasteiger partial charge in [0.25, 0.3) is 0 Å². The van der Waals surface area contributed by atoms with Crippen molar-refractivity contribution in [2.75, 3.05) is 0 Å². The van der Waals surface area contributed by atoms with Gasteiger partial charge in [0, 0.05) is 0 Å². The van der Waals surface area contributed by atoms with Gasteiger partial charge in [0.05, 0.1) is 17.8 Å². The normalized spacial score (nSPS) is 39.2. The minimum atomic E-state index is -0.156. The molecular weight excluding hydrogens is 228 g/mol. The quantitative estimate of drug-likeness (QED) is 0.670. The summed E-state index contributed by atoms with van der Waals surface area (Å²) in [6, 6.07) is 0. The topological polar surface area (TPSA) is 43.4 Å². The van der Waals surface area contributed by atoms with Gasteiger partial charge >= 0.3 is 0 Å². The van der Waals surface area contributed by atoms with Crippen LogP contribution in [0.15, 0.2) is 11.8 Å². The van der Waals surface area contributed by atoms with Gasteiger partial charge in [0.1, 0.15) is 6.10 Å². The Hall–Kier alpha value is -1.12. The summed E-state index contributed by atoms with van der Waals surface area (Å²) in [6.07, 6.45) is 8.49. The Morgan fingerprint density at radius 1 is 1.22 bits per heavy atom. The first-order chi connectivity index (χ1) is 8.68. The Morgan fingerprint density at radius 3 is 2.78 bits per heavy atom. The number of carbonyl (C=O) groups is 2. The van der Waals surface area contributed by atoms with E-state index in [-0.39, 0.29) is 29.2 Å². The van der Waals surface area contributed by atoms with Crippen LogP contribution >= 0.6 is 0 Å². The maximum absolute atomic E-state index is 12.5. The zero-order chi connectivity index (χ0) is 12.7. The molecule has 4 atom stereocenters. The van der Waals surface area contributed by atoms with Crippen LogP contribution in [0.2, 0.25) is 0 Å². The summed E-state index contributed by atoms with van der Waals surface area (Å²) in [4.78, 5) is 24.0. The Morgan fingerprint density at radius 2 is 2.00 bits per heavy atom. The van der Waals surface area contributed by atoms with E-state index in [1.807, 2.05) is 0 Å². The fourth-order valence-corrected chi connectivity index (χ4v) is 4.07. The molecule has 2 aliphatic carbocycles. The molecule has 0 bridgehead atoms. The van der Waals surface area contributed by atoms with E-state index in [1.165, 1.54) is 38.9 Å². The summed E-state index contributed by atoms with van der Waals surface area (Å²) in [7, 11) is 0. The van der Waals surface area contributed by atoms with E-state index in [9.17, 15) is 9.59 Å². The number of rotatable bonds is 1. The van der Waals surface area contributed by atoms with E-state index >= 15 is 0 Å². The number of ketones is 2. The van der Waals surface area contributed by atoms with E-state index in [0.29, 0.717) is 11.8 Å². The molecule has 0 radical (unpaired) electrons. The predicted molar refractivity (Wildman–Crippen MR) is 66.8 cm³/mol. The van der Waals surface area contributed by atoms with E-state index in [4.69, 9.17) is 4.74 Å². The number of Topliss-reactive ketones (excluding diaryl/α,β-unsaturated/α-hetero) is 2. The van der Waals surface area contributed by atoms with Gasteiger partial charge in [0.2, 0.25) is 0 Å². The van der Waals surface area contributed by atoms with Crippen molar-refractivity contribution in [2.24, 2.45) is 17.8 Å². The highest BCUT2D eigenvalue weighted by atomic mass is 16.5. The number of hydrogen-bond donors (Lipinski definition) is 0. The van der Waals surface area contributed by atoms with Crippen LogP contribution in [0, 0.1) is 17.8 Å². The largest absolute Gasteiger partial charge is 0.496 e. The lowest BCUT2D eigenvalue weighted by atomic mass is 9.62. The second kappa shape index (κ2) is 4.52. The van der Waals surface area contributed by atoms with Gasteiger partial charge in [-0.1, -0.05) is 19.3 Å². The van der Waals surface area contributed by atoms with Crippen molar-refractivity contribution in [2.45, 2.75) is 51.6 Å². The lowest BCUT2D eigenvalue weighted by Gasteiger charge is -2.45. The van der Waals surface area contributed by atoms with Gasteiger partial charge in [-0.3, -0.25) is 9.59 Å². The van der Waals surface area contributed by atoms with Crippen molar-refractivity contribution in [3.05, 3.63) is 11.8 Å². The van der Waals surface area contributed by atoms with E-state index in [2.05, 4.69) is 0 Å². The van der Waals surface area contributed by atoms with Gasteiger partial charge in [-0.15, -0.1) is 0 Å². The minimum absolute atomic E-state index is 0.0277. The lowest BCUT2D eigenvalue weighted by Crippen LogP contribution is -2.47. The zero-order valence-corrected chi connectivity index (χ0v) is 10.9. The maximum Gasteiger partial charge on any atom is 0.176 e. The first kappa shape index (κ1) is 11.9. The Kier molecular flexibility index (Phi) is 3.00. The molecule has 2 fully saturated rings. The molecular formula is C15H20O3. The molecule has 0 aromatic rings. The molecule has 0 amide bonds. The fourth-order valence-electron chi connectivity index (χ4n) is 4.07. The third-order valence-corrected chi connectivity index (χ3v) is 4.96.